The lowest BCUT2D eigenvalue weighted by Crippen LogP contribution is -2.16. The lowest BCUT2D eigenvalue weighted by molar-refractivity contribution is 0.414. The van der Waals surface area contributed by atoms with E-state index in [0.29, 0.717) is 11.4 Å². The number of methoxy groups -OCH3 is 1. The van der Waals surface area contributed by atoms with Crippen LogP contribution in [0, 0.1) is 0 Å². The zero-order valence-corrected chi connectivity index (χ0v) is 12.7. The third-order valence-electron chi connectivity index (χ3n) is 3.07. The topological polar surface area (TPSA) is 81.4 Å². The number of nitrogens with two attached hydrogens (primary N) is 1. The maximum atomic E-state index is 12.4. The number of rotatable bonds is 5. The molecule has 0 radical (unpaired) electrons. The van der Waals surface area contributed by atoms with Gasteiger partial charge in [-0.15, -0.1) is 0 Å². The summed E-state index contributed by atoms with van der Waals surface area (Å²) in [6.07, 6.45) is 0. The fourth-order valence-corrected chi connectivity index (χ4v) is 3.03. The Morgan fingerprint density at radius 1 is 1.10 bits per heavy atom. The molecule has 0 fully saturated rings. The molecule has 6 heteroatoms. The Bertz CT molecular complexity index is 710. The highest BCUT2D eigenvalue weighted by Crippen LogP contribution is 2.24. The molecule has 1 unspecified atom stereocenters. The predicted octanol–water partition coefficient (Wildman–Crippen LogP) is 2.52. The average Bonchev–Trinajstić information content (AvgIpc) is 2.47. The molecule has 0 aliphatic carbocycles. The molecule has 1 atom stereocenters. The second-order valence-electron chi connectivity index (χ2n) is 4.66. The van der Waals surface area contributed by atoms with Gasteiger partial charge in [0.05, 0.1) is 17.7 Å². The Hall–Kier alpha value is -2.05. The number of ether oxygens (including phenoxy) is 1. The Balaban J connectivity index is 2.33. The molecule has 0 saturated carbocycles. The van der Waals surface area contributed by atoms with Gasteiger partial charge in [0.1, 0.15) is 5.75 Å². The normalized spacial score (nSPS) is 12.7. The maximum absolute atomic E-state index is 12.4. The largest absolute Gasteiger partial charge is 0.497 e. The van der Waals surface area contributed by atoms with Gasteiger partial charge in [0.2, 0.25) is 0 Å². The van der Waals surface area contributed by atoms with Crippen LogP contribution in [-0.2, 0) is 10.0 Å². The summed E-state index contributed by atoms with van der Waals surface area (Å²) in [5.74, 6) is 0.602. The van der Waals surface area contributed by atoms with Crippen LogP contribution >= 0.6 is 0 Å². The van der Waals surface area contributed by atoms with Crippen molar-refractivity contribution in [2.45, 2.75) is 17.9 Å². The Kier molecular flexibility index (Phi) is 4.50. The van der Waals surface area contributed by atoms with Gasteiger partial charge >= 0.3 is 0 Å². The van der Waals surface area contributed by atoms with Gasteiger partial charge in [0.25, 0.3) is 10.0 Å². The van der Waals surface area contributed by atoms with E-state index >= 15 is 0 Å². The molecule has 0 spiro atoms. The first-order valence-corrected chi connectivity index (χ1v) is 7.94. The molecule has 0 aliphatic rings. The van der Waals surface area contributed by atoms with E-state index in [2.05, 4.69) is 4.72 Å². The predicted molar refractivity (Wildman–Crippen MR) is 82.8 cm³/mol. The number of benzene rings is 2. The average molecular weight is 306 g/mol. The maximum Gasteiger partial charge on any atom is 0.261 e. The number of para-hydroxylation sites is 1. The third kappa shape index (κ3) is 3.53. The monoisotopic (exact) mass is 306 g/mol. The van der Waals surface area contributed by atoms with E-state index in [1.165, 1.54) is 19.2 Å². The summed E-state index contributed by atoms with van der Waals surface area (Å²) < 4.78 is 32.4. The highest BCUT2D eigenvalue weighted by molar-refractivity contribution is 7.92. The van der Waals surface area contributed by atoms with E-state index in [4.69, 9.17) is 10.5 Å². The summed E-state index contributed by atoms with van der Waals surface area (Å²) >= 11 is 0. The SMILES string of the molecule is COc1ccc(S(=O)(=O)Nc2ccccc2C(C)N)cc1. The van der Waals surface area contributed by atoms with Gasteiger partial charge in [-0.3, -0.25) is 4.72 Å². The number of hydrogen-bond donors (Lipinski definition) is 2. The molecule has 0 bridgehead atoms. The van der Waals surface area contributed by atoms with Crippen LogP contribution in [-0.4, -0.2) is 15.5 Å². The van der Waals surface area contributed by atoms with Crippen molar-refractivity contribution in [1.29, 1.82) is 0 Å². The van der Waals surface area contributed by atoms with E-state index in [0.717, 1.165) is 5.56 Å². The van der Waals surface area contributed by atoms with Crippen molar-refractivity contribution < 1.29 is 13.2 Å². The van der Waals surface area contributed by atoms with Gasteiger partial charge in [0.15, 0.2) is 0 Å². The lowest BCUT2D eigenvalue weighted by Gasteiger charge is -2.15. The van der Waals surface area contributed by atoms with Crippen LogP contribution in [0.25, 0.3) is 0 Å². The highest BCUT2D eigenvalue weighted by Gasteiger charge is 2.16. The van der Waals surface area contributed by atoms with Gasteiger partial charge in [0, 0.05) is 6.04 Å². The van der Waals surface area contributed by atoms with E-state index in [-0.39, 0.29) is 10.9 Å². The summed E-state index contributed by atoms with van der Waals surface area (Å²) in [4.78, 5) is 0.169. The molecule has 112 valence electrons. The summed E-state index contributed by atoms with van der Waals surface area (Å²) in [7, 11) is -2.13. The van der Waals surface area contributed by atoms with Crippen LogP contribution in [0.2, 0.25) is 0 Å². The van der Waals surface area contributed by atoms with Gasteiger partial charge in [-0.1, -0.05) is 18.2 Å². The first-order valence-electron chi connectivity index (χ1n) is 6.45. The van der Waals surface area contributed by atoms with Crippen molar-refractivity contribution in [2.75, 3.05) is 11.8 Å². The summed E-state index contributed by atoms with van der Waals surface area (Å²) in [5.41, 5.74) is 7.09. The van der Waals surface area contributed by atoms with Crippen molar-refractivity contribution in [3.05, 3.63) is 54.1 Å². The minimum absolute atomic E-state index is 0.169. The summed E-state index contributed by atoms with van der Waals surface area (Å²) in [6, 6.07) is 13.0. The second kappa shape index (κ2) is 6.15. The Morgan fingerprint density at radius 3 is 2.29 bits per heavy atom. The van der Waals surface area contributed by atoms with Crippen molar-refractivity contribution >= 4 is 15.7 Å². The molecule has 2 aromatic carbocycles. The van der Waals surface area contributed by atoms with Crippen LogP contribution in [0.1, 0.15) is 18.5 Å². The van der Waals surface area contributed by atoms with Gasteiger partial charge in [-0.05, 0) is 42.8 Å². The van der Waals surface area contributed by atoms with Crippen LogP contribution in [0.4, 0.5) is 5.69 Å². The molecule has 5 nitrogen and oxygen atoms in total. The molecule has 21 heavy (non-hydrogen) atoms. The van der Waals surface area contributed by atoms with Crippen LogP contribution < -0.4 is 15.2 Å². The smallest absolute Gasteiger partial charge is 0.261 e. The first-order chi connectivity index (χ1) is 9.94. The Labute approximate surface area is 124 Å². The van der Waals surface area contributed by atoms with Crippen molar-refractivity contribution in [2.24, 2.45) is 5.73 Å². The zero-order valence-electron chi connectivity index (χ0n) is 11.9. The minimum atomic E-state index is -3.66. The van der Waals surface area contributed by atoms with Gasteiger partial charge < -0.3 is 10.5 Å². The van der Waals surface area contributed by atoms with Crippen molar-refractivity contribution in [3.63, 3.8) is 0 Å². The first kappa shape index (κ1) is 15.3. The lowest BCUT2D eigenvalue weighted by atomic mass is 10.1. The number of anilines is 1. The van der Waals surface area contributed by atoms with Crippen molar-refractivity contribution in [1.82, 2.24) is 0 Å². The molecular formula is C15H18N2O3S. The molecule has 0 aliphatic heterocycles. The quantitative estimate of drug-likeness (QED) is 0.889. The van der Waals surface area contributed by atoms with Crippen LogP contribution in [0.3, 0.4) is 0 Å². The molecule has 2 rings (SSSR count). The van der Waals surface area contributed by atoms with Crippen molar-refractivity contribution in [3.8, 4) is 5.75 Å². The van der Waals surface area contributed by atoms with E-state index in [1.54, 1.807) is 37.3 Å². The van der Waals surface area contributed by atoms with Crippen LogP contribution in [0.15, 0.2) is 53.4 Å². The Morgan fingerprint density at radius 2 is 1.71 bits per heavy atom. The fourth-order valence-electron chi connectivity index (χ4n) is 1.95. The summed E-state index contributed by atoms with van der Waals surface area (Å²) in [6.45, 7) is 1.81. The van der Waals surface area contributed by atoms with Gasteiger partial charge in [-0.2, -0.15) is 0 Å². The van der Waals surface area contributed by atoms with Crippen LogP contribution in [0.5, 0.6) is 5.75 Å². The summed E-state index contributed by atoms with van der Waals surface area (Å²) in [5, 5.41) is 0. The zero-order chi connectivity index (χ0) is 15.5. The number of sulfonamides is 1. The minimum Gasteiger partial charge on any atom is -0.497 e. The molecule has 3 N–H and O–H groups in total. The molecule has 0 heterocycles. The van der Waals surface area contributed by atoms with E-state index in [1.807, 2.05) is 6.07 Å². The molecule has 0 amide bonds. The highest BCUT2D eigenvalue weighted by atomic mass is 32.2. The molecular weight excluding hydrogens is 288 g/mol. The standard InChI is InChI=1S/C15H18N2O3S/c1-11(16)14-5-3-4-6-15(14)17-21(18,19)13-9-7-12(20-2)8-10-13/h3-11,17H,16H2,1-2H3. The van der Waals surface area contributed by atoms with E-state index < -0.39 is 10.0 Å². The second-order valence-corrected chi connectivity index (χ2v) is 6.34. The molecule has 2 aromatic rings. The fraction of sp³-hybridized carbons (Fsp3) is 0.200. The molecule has 0 aromatic heterocycles. The number of nitrogens with one attached hydrogen (secondary N) is 1. The molecule has 0 saturated heterocycles. The van der Waals surface area contributed by atoms with Gasteiger partial charge in [-0.25, -0.2) is 8.42 Å². The number of hydrogen-bond acceptors (Lipinski definition) is 4. The van der Waals surface area contributed by atoms with E-state index in [9.17, 15) is 8.42 Å². The third-order valence-corrected chi connectivity index (χ3v) is 4.45.